The summed E-state index contributed by atoms with van der Waals surface area (Å²) in [5.41, 5.74) is 5.14. The number of benzene rings is 5. The Labute approximate surface area is 191 Å². The number of rotatable bonds is 2. The molecule has 0 nitrogen and oxygen atoms in total. The zero-order valence-electron chi connectivity index (χ0n) is 15.0. The third-order valence-corrected chi connectivity index (χ3v) is 6.64. The van der Waals surface area contributed by atoms with Crippen molar-refractivity contribution in [2.24, 2.45) is 0 Å². The normalized spacial score (nSPS) is 11.2. The van der Waals surface area contributed by atoms with E-state index >= 15 is 0 Å². The van der Waals surface area contributed by atoms with Gasteiger partial charge in [-0.3, -0.25) is 0 Å². The molecule has 0 aliphatic carbocycles. The first-order valence-electron chi connectivity index (χ1n) is 9.18. The topological polar surface area (TPSA) is 0 Å². The maximum Gasteiger partial charge on any atom is 0.0130 e. The summed E-state index contributed by atoms with van der Waals surface area (Å²) in [6, 6.07) is 35.3. The highest BCUT2D eigenvalue weighted by Gasteiger charge is 2.17. The minimum Gasteiger partial charge on any atom is -0.0616 e. The molecule has 0 spiro atoms. The smallest absolute Gasteiger partial charge is 0.0130 e. The van der Waals surface area contributed by atoms with Gasteiger partial charge in [-0.25, -0.2) is 0 Å². The molecular weight excluding hydrogens is 566 g/mol. The Balaban J connectivity index is 2.00. The van der Waals surface area contributed by atoms with Crippen LogP contribution in [-0.2, 0) is 0 Å². The van der Waals surface area contributed by atoms with Crippen molar-refractivity contribution in [2.75, 3.05) is 0 Å². The van der Waals surface area contributed by atoms with E-state index in [1.807, 2.05) is 0 Å². The Morgan fingerprint density at radius 3 is 1.04 bits per heavy atom. The van der Waals surface area contributed by atoms with Gasteiger partial charge in [0, 0.05) is 7.14 Å². The molecular formula is C26H16I2. The van der Waals surface area contributed by atoms with Crippen molar-refractivity contribution in [2.45, 2.75) is 0 Å². The van der Waals surface area contributed by atoms with Gasteiger partial charge >= 0.3 is 0 Å². The van der Waals surface area contributed by atoms with Gasteiger partial charge < -0.3 is 0 Å². The van der Waals surface area contributed by atoms with E-state index < -0.39 is 0 Å². The molecule has 2 heteroatoms. The van der Waals surface area contributed by atoms with Gasteiger partial charge in [-0.05, 0) is 113 Å². The van der Waals surface area contributed by atoms with Crippen molar-refractivity contribution in [3.8, 4) is 22.3 Å². The van der Waals surface area contributed by atoms with Crippen LogP contribution in [0.3, 0.4) is 0 Å². The Bertz CT molecular complexity index is 1200. The van der Waals surface area contributed by atoms with Crippen LogP contribution in [0.4, 0.5) is 0 Å². The van der Waals surface area contributed by atoms with Crippen LogP contribution in [0.5, 0.6) is 0 Å². The monoisotopic (exact) mass is 582 g/mol. The van der Waals surface area contributed by atoms with Crippen molar-refractivity contribution >= 4 is 66.7 Å². The Kier molecular flexibility index (Phi) is 4.85. The molecule has 5 aromatic carbocycles. The molecule has 0 aliphatic rings. The van der Waals surface area contributed by atoms with Gasteiger partial charge in [-0.2, -0.15) is 0 Å². The lowest BCUT2D eigenvalue weighted by atomic mass is 9.85. The quantitative estimate of drug-likeness (QED) is 0.145. The summed E-state index contributed by atoms with van der Waals surface area (Å²) in [4.78, 5) is 0. The van der Waals surface area contributed by atoms with Crippen molar-refractivity contribution in [3.63, 3.8) is 0 Å². The molecule has 0 atom stereocenters. The van der Waals surface area contributed by atoms with Crippen LogP contribution in [0.2, 0.25) is 0 Å². The van der Waals surface area contributed by atoms with Crippen molar-refractivity contribution in [1.29, 1.82) is 0 Å². The molecule has 0 N–H and O–H groups in total. The second kappa shape index (κ2) is 7.48. The summed E-state index contributed by atoms with van der Waals surface area (Å²) in [7, 11) is 0. The van der Waals surface area contributed by atoms with Crippen LogP contribution >= 0.6 is 45.2 Å². The second-order valence-corrected chi connectivity index (χ2v) is 9.35. The fourth-order valence-corrected chi connectivity index (χ4v) is 4.69. The third-order valence-electron chi connectivity index (χ3n) is 5.20. The van der Waals surface area contributed by atoms with E-state index in [9.17, 15) is 0 Å². The summed E-state index contributed by atoms with van der Waals surface area (Å²) < 4.78 is 2.50. The van der Waals surface area contributed by atoms with Crippen molar-refractivity contribution in [3.05, 3.63) is 104 Å². The number of halogens is 2. The van der Waals surface area contributed by atoms with Crippen LogP contribution in [0.1, 0.15) is 0 Å². The van der Waals surface area contributed by atoms with Crippen LogP contribution in [-0.4, -0.2) is 0 Å². The average molecular weight is 582 g/mol. The Hall–Kier alpha value is -1.92. The Morgan fingerprint density at radius 2 is 0.679 bits per heavy atom. The first-order valence-corrected chi connectivity index (χ1v) is 11.3. The number of hydrogen-bond acceptors (Lipinski definition) is 0. The first-order chi connectivity index (χ1) is 13.7. The standard InChI is InChI=1S/C26H16I2/c27-19-13-9-17(10-14-19)25-23-7-3-1-5-21(23)22-6-2-4-8-24(22)26(25)18-11-15-20(28)16-12-18/h1-16H. The highest BCUT2D eigenvalue weighted by molar-refractivity contribution is 14.1. The zero-order chi connectivity index (χ0) is 19.1. The van der Waals surface area contributed by atoms with E-state index in [-0.39, 0.29) is 0 Å². The summed E-state index contributed by atoms with van der Waals surface area (Å²) in [5.74, 6) is 0. The van der Waals surface area contributed by atoms with Gasteiger partial charge in [0.25, 0.3) is 0 Å². The molecule has 0 radical (unpaired) electrons. The molecule has 0 amide bonds. The van der Waals surface area contributed by atoms with Gasteiger partial charge in [0.05, 0.1) is 0 Å². The largest absolute Gasteiger partial charge is 0.0616 e. The van der Waals surface area contributed by atoms with Gasteiger partial charge in [0.2, 0.25) is 0 Å². The first kappa shape index (κ1) is 18.1. The van der Waals surface area contributed by atoms with E-state index in [1.165, 1.54) is 50.9 Å². The highest BCUT2D eigenvalue weighted by atomic mass is 127. The maximum atomic E-state index is 2.37. The molecule has 5 rings (SSSR count). The summed E-state index contributed by atoms with van der Waals surface area (Å²) in [6.07, 6.45) is 0. The summed E-state index contributed by atoms with van der Waals surface area (Å²) in [5, 5.41) is 5.22. The van der Waals surface area contributed by atoms with Crippen molar-refractivity contribution < 1.29 is 0 Å². The fraction of sp³-hybridized carbons (Fsp3) is 0. The van der Waals surface area contributed by atoms with Crippen LogP contribution in [0, 0.1) is 7.14 Å². The predicted molar refractivity (Wildman–Crippen MR) is 138 cm³/mol. The van der Waals surface area contributed by atoms with Gasteiger partial charge in [-0.15, -0.1) is 0 Å². The van der Waals surface area contributed by atoms with E-state index in [0.717, 1.165) is 0 Å². The van der Waals surface area contributed by atoms with E-state index in [1.54, 1.807) is 0 Å². The molecule has 0 heterocycles. The minimum absolute atomic E-state index is 1.25. The van der Waals surface area contributed by atoms with Crippen LogP contribution in [0.15, 0.2) is 97.1 Å². The van der Waals surface area contributed by atoms with Crippen LogP contribution in [0.25, 0.3) is 43.8 Å². The highest BCUT2D eigenvalue weighted by Crippen LogP contribution is 2.44. The molecule has 134 valence electrons. The number of fused-ring (bicyclic) bond motifs is 3. The molecule has 0 saturated heterocycles. The SMILES string of the molecule is Ic1ccc(-c2c(-c3ccc(I)cc3)c3ccccc3c3ccccc23)cc1. The third kappa shape index (κ3) is 3.12. The molecule has 0 unspecified atom stereocenters. The summed E-state index contributed by atoms with van der Waals surface area (Å²) in [6.45, 7) is 0. The fourth-order valence-electron chi connectivity index (χ4n) is 3.97. The minimum atomic E-state index is 1.25. The van der Waals surface area contributed by atoms with Gasteiger partial charge in [0.1, 0.15) is 0 Å². The molecule has 0 aliphatic heterocycles. The molecule has 0 aromatic heterocycles. The van der Waals surface area contributed by atoms with E-state index in [2.05, 4.69) is 142 Å². The van der Waals surface area contributed by atoms with E-state index in [4.69, 9.17) is 0 Å². The van der Waals surface area contributed by atoms with Gasteiger partial charge in [-0.1, -0.05) is 72.8 Å². The molecule has 0 fully saturated rings. The predicted octanol–water partition coefficient (Wildman–Crippen LogP) is 8.54. The zero-order valence-corrected chi connectivity index (χ0v) is 19.3. The number of hydrogen-bond donors (Lipinski definition) is 0. The second-order valence-electron chi connectivity index (χ2n) is 6.85. The lowest BCUT2D eigenvalue weighted by molar-refractivity contribution is 1.59. The van der Waals surface area contributed by atoms with Crippen molar-refractivity contribution in [1.82, 2.24) is 0 Å². The lowest BCUT2D eigenvalue weighted by Crippen LogP contribution is -1.92. The van der Waals surface area contributed by atoms with Crippen LogP contribution < -0.4 is 0 Å². The summed E-state index contributed by atoms with van der Waals surface area (Å²) >= 11 is 4.74. The molecule has 0 saturated carbocycles. The molecule has 28 heavy (non-hydrogen) atoms. The van der Waals surface area contributed by atoms with E-state index in [0.29, 0.717) is 0 Å². The molecule has 0 bridgehead atoms. The lowest BCUT2D eigenvalue weighted by Gasteiger charge is -2.18. The average Bonchev–Trinajstić information content (AvgIpc) is 2.74. The molecule has 5 aromatic rings. The Morgan fingerprint density at radius 1 is 0.357 bits per heavy atom. The van der Waals surface area contributed by atoms with Gasteiger partial charge in [0.15, 0.2) is 0 Å². The maximum absolute atomic E-state index is 2.37.